The fraction of sp³-hybridized carbons (Fsp3) is 0.833. The molecule has 98 valence electrons. The van der Waals surface area contributed by atoms with Gasteiger partial charge in [0.1, 0.15) is 0 Å². The summed E-state index contributed by atoms with van der Waals surface area (Å²) < 4.78 is 0. The number of amides is 2. The van der Waals surface area contributed by atoms with E-state index in [0.29, 0.717) is 12.3 Å². The molecule has 2 amide bonds. The lowest BCUT2D eigenvalue weighted by molar-refractivity contribution is -0.141. The Morgan fingerprint density at radius 1 is 1.41 bits per heavy atom. The third-order valence-corrected chi connectivity index (χ3v) is 3.18. The number of hydrogen-bond donors (Lipinski definition) is 3. The summed E-state index contributed by atoms with van der Waals surface area (Å²) in [4.78, 5) is 22.4. The molecular weight excluding hydrogens is 220 g/mol. The van der Waals surface area contributed by atoms with E-state index in [4.69, 9.17) is 5.11 Å². The lowest BCUT2D eigenvalue weighted by Gasteiger charge is -2.16. The van der Waals surface area contributed by atoms with Crippen molar-refractivity contribution in [1.82, 2.24) is 10.6 Å². The molecule has 0 aromatic rings. The molecule has 3 N–H and O–H groups in total. The van der Waals surface area contributed by atoms with Crippen LogP contribution in [-0.2, 0) is 4.79 Å². The Labute approximate surface area is 102 Å². The van der Waals surface area contributed by atoms with Gasteiger partial charge < -0.3 is 15.7 Å². The van der Waals surface area contributed by atoms with Gasteiger partial charge >= 0.3 is 12.0 Å². The Kier molecular flexibility index (Phi) is 5.25. The highest BCUT2D eigenvalue weighted by Crippen LogP contribution is 2.32. The van der Waals surface area contributed by atoms with Gasteiger partial charge in [-0.25, -0.2) is 4.79 Å². The molecule has 0 aliphatic heterocycles. The van der Waals surface area contributed by atoms with Gasteiger partial charge in [0.2, 0.25) is 0 Å². The first kappa shape index (κ1) is 13.8. The van der Waals surface area contributed by atoms with E-state index in [9.17, 15) is 9.59 Å². The highest BCUT2D eigenvalue weighted by molar-refractivity contribution is 5.76. The zero-order valence-corrected chi connectivity index (χ0v) is 10.5. The van der Waals surface area contributed by atoms with Gasteiger partial charge in [-0.2, -0.15) is 0 Å². The molecule has 0 heterocycles. The lowest BCUT2D eigenvalue weighted by atomic mass is 10.0. The summed E-state index contributed by atoms with van der Waals surface area (Å²) >= 11 is 0. The van der Waals surface area contributed by atoms with E-state index in [1.165, 1.54) is 12.8 Å². The number of aliphatic carboxylic acids is 1. The summed E-state index contributed by atoms with van der Waals surface area (Å²) in [5.74, 6) is -0.726. The number of urea groups is 1. The number of carbonyl (C=O) groups excluding carboxylic acids is 1. The lowest BCUT2D eigenvalue weighted by Crippen LogP contribution is -2.44. The van der Waals surface area contributed by atoms with Gasteiger partial charge in [0.15, 0.2) is 0 Å². The van der Waals surface area contributed by atoms with E-state index >= 15 is 0 Å². The number of carboxylic acid groups (broad SMARTS) is 1. The van der Waals surface area contributed by atoms with Gasteiger partial charge in [-0.15, -0.1) is 0 Å². The predicted molar refractivity (Wildman–Crippen MR) is 64.8 cm³/mol. The van der Waals surface area contributed by atoms with E-state index in [1.54, 1.807) is 0 Å². The molecule has 0 aromatic carbocycles. The number of carboxylic acids is 1. The summed E-state index contributed by atoms with van der Waals surface area (Å²) in [6, 6.07) is -0.0730. The predicted octanol–water partition coefficient (Wildman–Crippen LogP) is 1.58. The quantitative estimate of drug-likeness (QED) is 0.634. The summed E-state index contributed by atoms with van der Waals surface area (Å²) in [7, 11) is 0. The van der Waals surface area contributed by atoms with Crippen LogP contribution in [0, 0.1) is 11.8 Å². The second-order valence-electron chi connectivity index (χ2n) is 4.80. The van der Waals surface area contributed by atoms with Gasteiger partial charge in [-0.05, 0) is 32.1 Å². The van der Waals surface area contributed by atoms with Crippen molar-refractivity contribution in [2.24, 2.45) is 11.8 Å². The molecule has 0 saturated heterocycles. The van der Waals surface area contributed by atoms with Crippen molar-refractivity contribution < 1.29 is 14.7 Å². The molecular formula is C12H22N2O3. The van der Waals surface area contributed by atoms with Crippen LogP contribution in [0.15, 0.2) is 0 Å². The zero-order valence-electron chi connectivity index (χ0n) is 10.5. The first-order chi connectivity index (χ1) is 8.04. The molecule has 1 aliphatic carbocycles. The van der Waals surface area contributed by atoms with Crippen molar-refractivity contribution in [2.75, 3.05) is 6.54 Å². The second kappa shape index (κ2) is 6.47. The maximum absolute atomic E-state index is 11.5. The molecule has 2 atom stereocenters. The number of nitrogens with one attached hydrogen (secondary N) is 2. The summed E-state index contributed by atoms with van der Waals surface area (Å²) in [5.41, 5.74) is 0. The highest BCUT2D eigenvalue weighted by atomic mass is 16.4. The third kappa shape index (κ3) is 5.06. The van der Waals surface area contributed by atoms with Crippen LogP contribution < -0.4 is 10.6 Å². The maximum Gasteiger partial charge on any atom is 0.315 e. The van der Waals surface area contributed by atoms with Crippen LogP contribution in [-0.4, -0.2) is 29.7 Å². The van der Waals surface area contributed by atoms with Gasteiger partial charge in [0.05, 0.1) is 5.92 Å². The Balaban J connectivity index is 2.22. The minimum Gasteiger partial charge on any atom is -0.481 e. The Morgan fingerprint density at radius 2 is 2.06 bits per heavy atom. The number of hydrogen-bond acceptors (Lipinski definition) is 2. The van der Waals surface area contributed by atoms with Crippen molar-refractivity contribution in [3.63, 3.8) is 0 Å². The summed E-state index contributed by atoms with van der Waals surface area (Å²) in [6.45, 7) is 4.12. The Hall–Kier alpha value is -1.26. The van der Waals surface area contributed by atoms with E-state index in [0.717, 1.165) is 6.42 Å². The fourth-order valence-electron chi connectivity index (χ4n) is 1.85. The first-order valence-corrected chi connectivity index (χ1v) is 6.31. The zero-order chi connectivity index (χ0) is 12.8. The minimum absolute atomic E-state index is 0.185. The van der Waals surface area contributed by atoms with Crippen molar-refractivity contribution in [1.29, 1.82) is 0 Å². The molecule has 1 saturated carbocycles. The van der Waals surface area contributed by atoms with Crippen molar-refractivity contribution >= 4 is 12.0 Å². The van der Waals surface area contributed by atoms with Crippen LogP contribution in [0.3, 0.4) is 0 Å². The number of carbonyl (C=O) groups is 2. The highest BCUT2D eigenvalue weighted by Gasteiger charge is 2.29. The maximum atomic E-state index is 11.5. The fourth-order valence-corrected chi connectivity index (χ4v) is 1.85. The van der Waals surface area contributed by atoms with Crippen molar-refractivity contribution in [2.45, 2.75) is 45.6 Å². The average molecular weight is 242 g/mol. The summed E-state index contributed by atoms with van der Waals surface area (Å²) in [5, 5.41) is 14.4. The molecule has 17 heavy (non-hydrogen) atoms. The minimum atomic E-state index is -0.845. The van der Waals surface area contributed by atoms with Gasteiger partial charge in [-0.1, -0.05) is 13.3 Å². The molecule has 0 aromatic heterocycles. The standard InChI is InChI=1S/C12H22N2O3/c1-3-4-10(11(15)16)7-13-12(17)14-8(2)9-5-6-9/h8-10H,3-7H2,1-2H3,(H,15,16)(H2,13,14,17). The van der Waals surface area contributed by atoms with Crippen molar-refractivity contribution in [3.8, 4) is 0 Å². The average Bonchev–Trinajstić information content (AvgIpc) is 3.07. The molecule has 2 unspecified atom stereocenters. The van der Waals surface area contributed by atoms with Crippen molar-refractivity contribution in [3.05, 3.63) is 0 Å². The Bertz CT molecular complexity index is 277. The first-order valence-electron chi connectivity index (χ1n) is 6.31. The van der Waals surface area contributed by atoms with Gasteiger partial charge in [0.25, 0.3) is 0 Å². The van der Waals surface area contributed by atoms with Gasteiger partial charge in [0, 0.05) is 12.6 Å². The van der Waals surface area contributed by atoms with Crippen LogP contribution in [0.1, 0.15) is 39.5 Å². The topological polar surface area (TPSA) is 78.4 Å². The Morgan fingerprint density at radius 3 is 2.53 bits per heavy atom. The molecule has 0 bridgehead atoms. The molecule has 0 spiro atoms. The van der Waals surface area contributed by atoms with Crippen LogP contribution >= 0.6 is 0 Å². The largest absolute Gasteiger partial charge is 0.481 e. The normalized spacial score (nSPS) is 18.2. The van der Waals surface area contributed by atoms with E-state index in [-0.39, 0.29) is 18.6 Å². The van der Waals surface area contributed by atoms with E-state index in [2.05, 4.69) is 10.6 Å². The number of rotatable bonds is 7. The third-order valence-electron chi connectivity index (χ3n) is 3.18. The van der Waals surface area contributed by atoms with E-state index < -0.39 is 11.9 Å². The molecule has 0 radical (unpaired) electrons. The van der Waals surface area contributed by atoms with Crippen LogP contribution in [0.2, 0.25) is 0 Å². The summed E-state index contributed by atoms with van der Waals surface area (Å²) in [6.07, 6.45) is 3.75. The molecule has 1 aliphatic rings. The smallest absolute Gasteiger partial charge is 0.315 e. The van der Waals surface area contributed by atoms with Crippen LogP contribution in [0.25, 0.3) is 0 Å². The monoisotopic (exact) mass is 242 g/mol. The van der Waals surface area contributed by atoms with Crippen LogP contribution in [0.4, 0.5) is 4.79 Å². The van der Waals surface area contributed by atoms with E-state index in [1.807, 2.05) is 13.8 Å². The molecule has 1 fully saturated rings. The molecule has 5 heteroatoms. The van der Waals surface area contributed by atoms with Gasteiger partial charge in [-0.3, -0.25) is 4.79 Å². The molecule has 1 rings (SSSR count). The molecule has 5 nitrogen and oxygen atoms in total. The second-order valence-corrected chi connectivity index (χ2v) is 4.80. The SMILES string of the molecule is CCCC(CNC(=O)NC(C)C1CC1)C(=O)O. The van der Waals surface area contributed by atoms with Crippen LogP contribution in [0.5, 0.6) is 0 Å².